The second-order valence-corrected chi connectivity index (χ2v) is 8.69. The largest absolute Gasteiger partial charge is 0.493 e. The Kier molecular flexibility index (Phi) is 9.73. The molecule has 32 heavy (non-hydrogen) atoms. The fraction of sp³-hybridized carbons (Fsp3) is 0.409. The third-order valence-corrected chi connectivity index (χ3v) is 4.60. The van der Waals surface area contributed by atoms with Crippen LogP contribution in [0.2, 0.25) is 0 Å². The maximum Gasteiger partial charge on any atom is 0.285 e. The van der Waals surface area contributed by atoms with Gasteiger partial charge in [-0.05, 0) is 57.4 Å². The van der Waals surface area contributed by atoms with Gasteiger partial charge in [-0.25, -0.2) is 9.38 Å². The highest BCUT2D eigenvalue weighted by molar-refractivity contribution is 7.85. The summed E-state index contributed by atoms with van der Waals surface area (Å²) in [5.41, 5.74) is 5.50. The minimum atomic E-state index is -4.32. The molecule has 8 nitrogen and oxygen atoms in total. The molecule has 0 fully saturated rings. The van der Waals surface area contributed by atoms with E-state index in [1.807, 2.05) is 38.1 Å². The molecule has 0 saturated heterocycles. The molecule has 0 aliphatic heterocycles. The summed E-state index contributed by atoms with van der Waals surface area (Å²) in [5, 5.41) is 0. The second kappa shape index (κ2) is 12.3. The highest BCUT2D eigenvalue weighted by Crippen LogP contribution is 2.27. The third-order valence-electron chi connectivity index (χ3n) is 4.14. The SMILES string of the molecule is CC(C)Oc1ccccc1OCCCCCOc1ccc(C(N)=NCS(=O)(=O)O)c(F)c1. The van der Waals surface area contributed by atoms with Crippen molar-refractivity contribution in [2.45, 2.75) is 39.2 Å². The maximum absolute atomic E-state index is 14.2. The van der Waals surface area contributed by atoms with Gasteiger partial charge in [-0.1, -0.05) is 12.1 Å². The lowest BCUT2D eigenvalue weighted by Crippen LogP contribution is -2.17. The van der Waals surface area contributed by atoms with E-state index in [1.165, 1.54) is 12.1 Å². The minimum absolute atomic E-state index is 0.0659. The van der Waals surface area contributed by atoms with E-state index >= 15 is 0 Å². The van der Waals surface area contributed by atoms with Crippen molar-refractivity contribution in [3.05, 3.63) is 53.8 Å². The number of nitrogens with zero attached hydrogens (tertiary/aromatic N) is 1. The van der Waals surface area contributed by atoms with E-state index in [1.54, 1.807) is 0 Å². The number of unbranched alkanes of at least 4 members (excludes halogenated alkanes) is 2. The number of aliphatic imine (C=N–C) groups is 1. The minimum Gasteiger partial charge on any atom is -0.493 e. The Bertz CT molecular complexity index is 1010. The molecule has 0 saturated carbocycles. The number of hydrogen-bond acceptors (Lipinski definition) is 6. The number of amidine groups is 1. The first-order valence-electron chi connectivity index (χ1n) is 10.2. The van der Waals surface area contributed by atoms with Crippen molar-refractivity contribution in [2.75, 3.05) is 19.1 Å². The second-order valence-electron chi connectivity index (χ2n) is 7.27. The summed E-state index contributed by atoms with van der Waals surface area (Å²) in [5.74, 6) is -0.199. The average Bonchev–Trinajstić information content (AvgIpc) is 2.71. The molecule has 3 N–H and O–H groups in total. The van der Waals surface area contributed by atoms with Gasteiger partial charge in [0.2, 0.25) is 0 Å². The lowest BCUT2D eigenvalue weighted by molar-refractivity contribution is 0.218. The van der Waals surface area contributed by atoms with Crippen LogP contribution in [0.4, 0.5) is 4.39 Å². The monoisotopic (exact) mass is 468 g/mol. The summed E-state index contributed by atoms with van der Waals surface area (Å²) >= 11 is 0. The van der Waals surface area contributed by atoms with Gasteiger partial charge in [0, 0.05) is 6.07 Å². The zero-order valence-corrected chi connectivity index (χ0v) is 19.0. The van der Waals surface area contributed by atoms with Crippen molar-refractivity contribution in [3.8, 4) is 17.2 Å². The van der Waals surface area contributed by atoms with Gasteiger partial charge in [-0.3, -0.25) is 4.55 Å². The van der Waals surface area contributed by atoms with Gasteiger partial charge in [-0.2, -0.15) is 8.42 Å². The molecule has 0 aliphatic rings. The van der Waals surface area contributed by atoms with Crippen LogP contribution < -0.4 is 19.9 Å². The van der Waals surface area contributed by atoms with Crippen molar-refractivity contribution in [2.24, 2.45) is 10.7 Å². The van der Waals surface area contributed by atoms with Crippen LogP contribution in [0.1, 0.15) is 38.7 Å². The summed E-state index contributed by atoms with van der Waals surface area (Å²) in [6, 6.07) is 11.6. The molecule has 0 radical (unpaired) electrons. The maximum atomic E-state index is 14.2. The number of nitrogens with two attached hydrogens (primary N) is 1. The normalized spacial score (nSPS) is 12.1. The summed E-state index contributed by atoms with van der Waals surface area (Å²) in [6.45, 7) is 4.87. The third kappa shape index (κ3) is 9.11. The predicted molar refractivity (Wildman–Crippen MR) is 121 cm³/mol. The fourth-order valence-corrected chi connectivity index (χ4v) is 3.01. The Morgan fingerprint density at radius 3 is 2.34 bits per heavy atom. The van der Waals surface area contributed by atoms with Crippen LogP contribution in [0, 0.1) is 5.82 Å². The molecule has 176 valence electrons. The van der Waals surface area contributed by atoms with Crippen LogP contribution in [0.25, 0.3) is 0 Å². The van der Waals surface area contributed by atoms with Crippen LogP contribution in [-0.2, 0) is 10.1 Å². The average molecular weight is 469 g/mol. The number of rotatable bonds is 13. The zero-order chi connectivity index (χ0) is 23.6. The summed E-state index contributed by atoms with van der Waals surface area (Å²) in [6.07, 6.45) is 2.52. The molecule has 0 heterocycles. The molecule has 2 rings (SSSR count). The molecular weight excluding hydrogens is 439 g/mol. The van der Waals surface area contributed by atoms with Gasteiger partial charge in [0.15, 0.2) is 17.4 Å². The highest BCUT2D eigenvalue weighted by Gasteiger charge is 2.10. The van der Waals surface area contributed by atoms with Crippen molar-refractivity contribution in [1.29, 1.82) is 0 Å². The molecule has 0 amide bonds. The molecule has 0 bridgehead atoms. The molecule has 0 unspecified atom stereocenters. The van der Waals surface area contributed by atoms with Gasteiger partial charge in [0.1, 0.15) is 17.4 Å². The standard InChI is InChI=1S/C22H29FN2O6S/c1-16(2)31-21-9-5-4-8-20(21)30-13-7-3-6-12-29-17-10-11-18(19(23)14-17)22(24)25-15-32(26,27)28/h4-5,8-11,14,16H,3,6-7,12-13,15H2,1-2H3,(H2,24,25)(H,26,27,28). The van der Waals surface area contributed by atoms with E-state index < -0.39 is 21.8 Å². The van der Waals surface area contributed by atoms with Gasteiger partial charge in [-0.15, -0.1) is 0 Å². The van der Waals surface area contributed by atoms with Gasteiger partial charge in [0.25, 0.3) is 10.1 Å². The summed E-state index contributed by atoms with van der Waals surface area (Å²) < 4.78 is 61.4. The topological polar surface area (TPSA) is 120 Å². The molecule has 10 heteroatoms. The number of para-hydroxylation sites is 2. The lowest BCUT2D eigenvalue weighted by Gasteiger charge is -2.14. The zero-order valence-electron chi connectivity index (χ0n) is 18.2. The molecule has 0 aromatic heterocycles. The Morgan fingerprint density at radius 2 is 1.72 bits per heavy atom. The number of ether oxygens (including phenoxy) is 3. The first-order valence-corrected chi connectivity index (χ1v) is 11.8. The smallest absolute Gasteiger partial charge is 0.285 e. The van der Waals surface area contributed by atoms with E-state index in [4.69, 9.17) is 24.5 Å². The van der Waals surface area contributed by atoms with Gasteiger partial charge in [0.05, 0.1) is 24.9 Å². The van der Waals surface area contributed by atoms with Crippen molar-refractivity contribution in [3.63, 3.8) is 0 Å². The van der Waals surface area contributed by atoms with E-state index in [9.17, 15) is 12.8 Å². The Labute approximate surface area is 188 Å². The van der Waals surface area contributed by atoms with Crippen molar-refractivity contribution < 1.29 is 31.6 Å². The van der Waals surface area contributed by atoms with Crippen LogP contribution in [-0.4, -0.2) is 44.0 Å². The van der Waals surface area contributed by atoms with Gasteiger partial charge < -0.3 is 19.9 Å². The molecule has 0 aliphatic carbocycles. The molecule has 0 atom stereocenters. The fourth-order valence-electron chi connectivity index (χ4n) is 2.70. The van der Waals surface area contributed by atoms with E-state index in [0.29, 0.717) is 24.7 Å². The molecule has 2 aromatic rings. The quantitative estimate of drug-likeness (QED) is 0.199. The highest BCUT2D eigenvalue weighted by atomic mass is 32.2. The Morgan fingerprint density at radius 1 is 1.06 bits per heavy atom. The molecular formula is C22H29FN2O6S. The van der Waals surface area contributed by atoms with Crippen LogP contribution >= 0.6 is 0 Å². The Balaban J connectivity index is 1.72. The van der Waals surface area contributed by atoms with E-state index in [-0.39, 0.29) is 17.5 Å². The number of halogens is 1. The summed E-state index contributed by atoms with van der Waals surface area (Å²) in [7, 11) is -4.32. The number of benzene rings is 2. The molecule has 2 aromatic carbocycles. The predicted octanol–water partition coefficient (Wildman–Crippen LogP) is 3.79. The van der Waals surface area contributed by atoms with Crippen molar-refractivity contribution in [1.82, 2.24) is 0 Å². The van der Waals surface area contributed by atoms with Crippen molar-refractivity contribution >= 4 is 16.0 Å². The van der Waals surface area contributed by atoms with E-state index in [2.05, 4.69) is 4.99 Å². The Hall–Kier alpha value is -2.85. The first kappa shape index (κ1) is 25.4. The van der Waals surface area contributed by atoms with Crippen LogP contribution in [0.15, 0.2) is 47.5 Å². The van der Waals surface area contributed by atoms with Gasteiger partial charge >= 0.3 is 0 Å². The van der Waals surface area contributed by atoms with E-state index in [0.717, 1.165) is 31.1 Å². The van der Waals surface area contributed by atoms with Crippen LogP contribution in [0.3, 0.4) is 0 Å². The van der Waals surface area contributed by atoms with Crippen LogP contribution in [0.5, 0.6) is 17.2 Å². The number of hydrogen-bond donors (Lipinski definition) is 2. The molecule has 0 spiro atoms. The lowest BCUT2D eigenvalue weighted by atomic mass is 10.2. The first-order chi connectivity index (χ1) is 15.2. The summed E-state index contributed by atoms with van der Waals surface area (Å²) in [4.78, 5) is 3.46.